The van der Waals surface area contributed by atoms with Crippen molar-refractivity contribution in [3.05, 3.63) is 216 Å². The summed E-state index contributed by atoms with van der Waals surface area (Å²) in [5, 5.41) is 12.4. The second-order valence-corrected chi connectivity index (χ2v) is 19.6. The fraction of sp³-hybridized carbons (Fsp3) is 0.108. The minimum Gasteiger partial charge on any atom is -0.455 e. The molecule has 66 heavy (non-hydrogen) atoms. The van der Waals surface area contributed by atoms with Gasteiger partial charge in [-0.25, -0.2) is 0 Å². The third-order valence-corrected chi connectivity index (χ3v) is 16.0. The maximum absolute atomic E-state index is 6.58. The highest BCUT2D eigenvalue weighted by atomic mass is 16.3. The van der Waals surface area contributed by atoms with Crippen molar-refractivity contribution >= 4 is 65.0 Å². The summed E-state index contributed by atoms with van der Waals surface area (Å²) in [7, 11) is 0. The number of para-hydroxylation sites is 1. The average molecular weight is 843 g/mol. The molecule has 14 rings (SSSR count). The van der Waals surface area contributed by atoms with E-state index in [1.165, 1.54) is 132 Å². The zero-order valence-electron chi connectivity index (χ0n) is 37.6. The summed E-state index contributed by atoms with van der Waals surface area (Å²) in [5.41, 5.74) is 20.2. The highest BCUT2D eigenvalue weighted by Crippen LogP contribution is 2.55. The molecule has 1 nitrogen and oxygen atoms in total. The van der Waals surface area contributed by atoms with Gasteiger partial charge in [0.25, 0.3) is 0 Å². The third-order valence-electron chi connectivity index (χ3n) is 16.0. The van der Waals surface area contributed by atoms with Gasteiger partial charge < -0.3 is 4.42 Å². The van der Waals surface area contributed by atoms with Gasteiger partial charge in [-0.2, -0.15) is 0 Å². The van der Waals surface area contributed by atoms with E-state index in [0.29, 0.717) is 0 Å². The highest BCUT2D eigenvalue weighted by Gasteiger charge is 2.40. The smallest absolute Gasteiger partial charge is 0.143 e. The number of furan rings is 1. The second kappa shape index (κ2) is 13.4. The number of fused-ring (bicyclic) bond motifs is 14. The summed E-state index contributed by atoms with van der Waals surface area (Å²) >= 11 is 0. The van der Waals surface area contributed by atoms with Gasteiger partial charge in [-0.3, -0.25) is 0 Å². The summed E-state index contributed by atoms with van der Waals surface area (Å²) in [4.78, 5) is 0. The Labute approximate surface area is 384 Å². The van der Waals surface area contributed by atoms with Crippen LogP contribution in [0.5, 0.6) is 0 Å². The van der Waals surface area contributed by atoms with Gasteiger partial charge in [0.1, 0.15) is 11.2 Å². The monoisotopic (exact) mass is 842 g/mol. The minimum absolute atomic E-state index is 0.0770. The van der Waals surface area contributed by atoms with Crippen LogP contribution in [-0.4, -0.2) is 0 Å². The molecule has 0 spiro atoms. The summed E-state index contributed by atoms with van der Waals surface area (Å²) in [6.45, 7) is 9.59. The van der Waals surface area contributed by atoms with Crippen molar-refractivity contribution in [1.82, 2.24) is 0 Å². The van der Waals surface area contributed by atoms with Crippen LogP contribution in [0.15, 0.2) is 199 Å². The Kier molecular flexibility index (Phi) is 7.64. The molecule has 12 aromatic rings. The van der Waals surface area contributed by atoms with Crippen LogP contribution in [-0.2, 0) is 10.8 Å². The van der Waals surface area contributed by atoms with E-state index >= 15 is 0 Å². The largest absolute Gasteiger partial charge is 0.455 e. The molecular weight excluding hydrogens is 797 g/mol. The first-order chi connectivity index (χ1) is 32.3. The van der Waals surface area contributed by atoms with Gasteiger partial charge in [-0.1, -0.05) is 179 Å². The van der Waals surface area contributed by atoms with Gasteiger partial charge in [-0.05, 0) is 164 Å². The van der Waals surface area contributed by atoms with Crippen molar-refractivity contribution in [3.63, 3.8) is 0 Å². The predicted molar refractivity (Wildman–Crippen MR) is 280 cm³/mol. The number of rotatable bonds is 4. The van der Waals surface area contributed by atoms with Crippen molar-refractivity contribution in [3.8, 4) is 55.6 Å². The molecule has 0 bridgehead atoms. The van der Waals surface area contributed by atoms with Crippen LogP contribution in [0, 0.1) is 0 Å². The standard InChI is InChI=1S/C65H46O/c1-5-65(4)56-32-28-39(33-54(56)55-37-53-41(35-59(55)65)26-31-52-46-18-12-13-24-60(46)66-63(52)53)40-25-29-44-45-30-27-42(36-58(45)64(2,3)57(44)34-40)61-48-19-8-10-21-50(48)62(51-22-11-9-20-49(51)61)47-23-14-16-38-15-6-7-17-43(38)47/h6-37H,5H2,1-4H3. The lowest BCUT2D eigenvalue weighted by Gasteiger charge is -2.26. The van der Waals surface area contributed by atoms with E-state index in [-0.39, 0.29) is 10.8 Å². The maximum Gasteiger partial charge on any atom is 0.143 e. The van der Waals surface area contributed by atoms with Crippen LogP contribution in [0.4, 0.5) is 0 Å². The quantitative estimate of drug-likeness (QED) is 0.161. The maximum atomic E-state index is 6.58. The Bertz CT molecular complexity index is 4020. The molecule has 11 aromatic carbocycles. The number of benzene rings is 11. The van der Waals surface area contributed by atoms with Crippen LogP contribution in [0.25, 0.3) is 121 Å². The zero-order chi connectivity index (χ0) is 44.1. The summed E-state index contributed by atoms with van der Waals surface area (Å²) in [5.74, 6) is 0. The van der Waals surface area contributed by atoms with Gasteiger partial charge in [0.05, 0.1) is 0 Å². The molecule has 0 N–H and O–H groups in total. The normalized spacial score (nSPS) is 15.8. The number of hydrogen-bond donors (Lipinski definition) is 0. The lowest BCUT2D eigenvalue weighted by Crippen LogP contribution is -2.19. The third kappa shape index (κ3) is 5.01. The van der Waals surface area contributed by atoms with Crippen LogP contribution < -0.4 is 0 Å². The Morgan fingerprint density at radius 1 is 0.348 bits per heavy atom. The van der Waals surface area contributed by atoms with Gasteiger partial charge in [0.2, 0.25) is 0 Å². The van der Waals surface area contributed by atoms with E-state index in [4.69, 9.17) is 4.42 Å². The van der Waals surface area contributed by atoms with Gasteiger partial charge in [-0.15, -0.1) is 0 Å². The SMILES string of the molecule is CCC1(C)c2ccc(-c3ccc4c(c3)C(C)(C)c3cc(-c5c6ccccc6c(-c6cccc7ccccc67)c6ccccc56)ccc3-4)cc2-c2cc3c(ccc4c5ccccc5oc34)cc21. The van der Waals surface area contributed by atoms with Crippen LogP contribution in [0.3, 0.4) is 0 Å². The zero-order valence-corrected chi connectivity index (χ0v) is 37.6. The molecule has 0 radical (unpaired) electrons. The van der Waals surface area contributed by atoms with Crippen LogP contribution >= 0.6 is 0 Å². The van der Waals surface area contributed by atoms with Crippen LogP contribution in [0.2, 0.25) is 0 Å². The molecule has 312 valence electrons. The molecule has 1 heteroatoms. The van der Waals surface area contributed by atoms with Crippen molar-refractivity contribution in [1.29, 1.82) is 0 Å². The summed E-state index contributed by atoms with van der Waals surface area (Å²) in [6, 6.07) is 73.1. The topological polar surface area (TPSA) is 13.1 Å². The molecule has 0 saturated heterocycles. The lowest BCUT2D eigenvalue weighted by atomic mass is 9.77. The molecule has 2 aliphatic rings. The van der Waals surface area contributed by atoms with Gasteiger partial charge in [0.15, 0.2) is 0 Å². The Balaban J connectivity index is 0.891. The molecule has 1 atom stereocenters. The fourth-order valence-corrected chi connectivity index (χ4v) is 12.4. The van der Waals surface area contributed by atoms with E-state index < -0.39 is 0 Å². The van der Waals surface area contributed by atoms with Crippen molar-refractivity contribution < 1.29 is 4.42 Å². The molecule has 0 aliphatic heterocycles. The average Bonchev–Trinajstić information content (AvgIpc) is 3.94. The Hall–Kier alpha value is -7.74. The van der Waals surface area contributed by atoms with Crippen molar-refractivity contribution in [2.75, 3.05) is 0 Å². The molecule has 1 aromatic heterocycles. The van der Waals surface area contributed by atoms with E-state index in [9.17, 15) is 0 Å². The van der Waals surface area contributed by atoms with E-state index in [1.54, 1.807) is 0 Å². The minimum atomic E-state index is -0.202. The molecule has 0 fully saturated rings. The predicted octanol–water partition coefficient (Wildman–Crippen LogP) is 18.2. The molecule has 2 aliphatic carbocycles. The summed E-state index contributed by atoms with van der Waals surface area (Å²) in [6.07, 6.45) is 1.03. The molecular formula is C65H46O. The van der Waals surface area contributed by atoms with Crippen LogP contribution in [0.1, 0.15) is 56.4 Å². The first kappa shape index (κ1) is 37.6. The Morgan fingerprint density at radius 3 is 1.65 bits per heavy atom. The Morgan fingerprint density at radius 2 is 0.924 bits per heavy atom. The van der Waals surface area contributed by atoms with E-state index in [2.05, 4.69) is 222 Å². The molecule has 0 saturated carbocycles. The number of hydrogen-bond acceptors (Lipinski definition) is 1. The first-order valence-electron chi connectivity index (χ1n) is 23.6. The van der Waals surface area contributed by atoms with Gasteiger partial charge >= 0.3 is 0 Å². The van der Waals surface area contributed by atoms with Gasteiger partial charge in [0, 0.05) is 27.0 Å². The highest BCUT2D eigenvalue weighted by molar-refractivity contribution is 6.24. The molecule has 1 unspecified atom stereocenters. The first-order valence-corrected chi connectivity index (χ1v) is 23.6. The van der Waals surface area contributed by atoms with Crippen molar-refractivity contribution in [2.45, 2.75) is 44.9 Å². The molecule has 0 amide bonds. The second-order valence-electron chi connectivity index (χ2n) is 19.6. The van der Waals surface area contributed by atoms with E-state index in [1.807, 2.05) is 0 Å². The fourth-order valence-electron chi connectivity index (χ4n) is 12.4. The molecule has 1 heterocycles. The van der Waals surface area contributed by atoms with E-state index in [0.717, 1.165) is 17.6 Å². The lowest BCUT2D eigenvalue weighted by molar-refractivity contribution is 0.565. The van der Waals surface area contributed by atoms with Crippen molar-refractivity contribution in [2.24, 2.45) is 0 Å². The summed E-state index contributed by atoms with van der Waals surface area (Å²) < 4.78 is 6.58.